The number of nitrogens with two attached hydrogens (primary N) is 1. The molecule has 1 aliphatic rings. The molecule has 0 aromatic heterocycles. The summed E-state index contributed by atoms with van der Waals surface area (Å²) in [7, 11) is 0. The van der Waals surface area contributed by atoms with Gasteiger partial charge < -0.3 is 5.73 Å². The molecule has 1 heteroatoms. The molecule has 1 aromatic carbocycles. The van der Waals surface area contributed by atoms with E-state index in [1.807, 2.05) is 6.08 Å². The van der Waals surface area contributed by atoms with Crippen LogP contribution in [0.2, 0.25) is 0 Å². The zero-order chi connectivity index (χ0) is 14.6. The fourth-order valence-electron chi connectivity index (χ4n) is 3.38. The van der Waals surface area contributed by atoms with Crippen molar-refractivity contribution in [2.24, 2.45) is 17.1 Å². The van der Waals surface area contributed by atoms with Gasteiger partial charge in [0.25, 0.3) is 0 Å². The van der Waals surface area contributed by atoms with Gasteiger partial charge in [0.05, 0.1) is 0 Å². The van der Waals surface area contributed by atoms with E-state index in [2.05, 4.69) is 51.1 Å². The van der Waals surface area contributed by atoms with Crippen LogP contribution in [0.15, 0.2) is 30.3 Å². The van der Waals surface area contributed by atoms with Crippen LogP contribution in [0.1, 0.15) is 63.5 Å². The van der Waals surface area contributed by atoms with Crippen molar-refractivity contribution in [1.29, 1.82) is 0 Å². The first-order valence-corrected chi connectivity index (χ1v) is 7.97. The summed E-state index contributed by atoms with van der Waals surface area (Å²) in [6, 6.07) is 9.05. The van der Waals surface area contributed by atoms with E-state index in [-0.39, 0.29) is 0 Å². The molecule has 1 saturated carbocycles. The van der Waals surface area contributed by atoms with Crippen LogP contribution in [0, 0.1) is 11.3 Å². The second-order valence-corrected chi connectivity index (χ2v) is 7.22. The highest BCUT2D eigenvalue weighted by Gasteiger charge is 2.29. The minimum absolute atomic E-state index is 0.474. The van der Waals surface area contributed by atoms with E-state index in [1.165, 1.54) is 36.8 Å². The van der Waals surface area contributed by atoms with Crippen LogP contribution < -0.4 is 5.73 Å². The Morgan fingerprint density at radius 2 is 1.65 bits per heavy atom. The van der Waals surface area contributed by atoms with Crippen LogP contribution in [0.4, 0.5) is 0 Å². The fraction of sp³-hybridized carbons (Fsp3) is 0.579. The molecule has 0 aliphatic heterocycles. The average Bonchev–Trinajstić information content (AvgIpc) is 2.45. The minimum Gasteiger partial charge on any atom is -0.327 e. The van der Waals surface area contributed by atoms with Gasteiger partial charge in [-0.05, 0) is 54.1 Å². The first-order valence-electron chi connectivity index (χ1n) is 7.97. The predicted octanol–water partition coefficient (Wildman–Crippen LogP) is 4.98. The molecule has 1 aliphatic carbocycles. The van der Waals surface area contributed by atoms with Crippen LogP contribution >= 0.6 is 0 Å². The summed E-state index contributed by atoms with van der Waals surface area (Å²) in [5, 5.41) is 0. The summed E-state index contributed by atoms with van der Waals surface area (Å²) in [6.45, 7) is 7.77. The lowest BCUT2D eigenvalue weighted by Crippen LogP contribution is -2.25. The SMILES string of the molecule is CC(C)(C)C1CCC(c2ccc(/C=C/CN)cc2)CC1. The molecule has 20 heavy (non-hydrogen) atoms. The molecule has 0 atom stereocenters. The van der Waals surface area contributed by atoms with Crippen molar-refractivity contribution in [3.05, 3.63) is 41.5 Å². The smallest absolute Gasteiger partial charge is 0.0110 e. The van der Waals surface area contributed by atoms with E-state index in [0.717, 1.165) is 11.8 Å². The molecule has 0 amide bonds. The molecule has 0 saturated heterocycles. The third-order valence-corrected chi connectivity index (χ3v) is 4.81. The Balaban J connectivity index is 1.95. The monoisotopic (exact) mass is 271 g/mol. The van der Waals surface area contributed by atoms with Gasteiger partial charge in [0.1, 0.15) is 0 Å². The van der Waals surface area contributed by atoms with Crippen LogP contribution in [0.5, 0.6) is 0 Å². The van der Waals surface area contributed by atoms with Gasteiger partial charge in [0.15, 0.2) is 0 Å². The zero-order valence-electron chi connectivity index (χ0n) is 13.2. The highest BCUT2D eigenvalue weighted by Crippen LogP contribution is 2.43. The van der Waals surface area contributed by atoms with Gasteiger partial charge in [-0.3, -0.25) is 0 Å². The van der Waals surface area contributed by atoms with E-state index in [0.29, 0.717) is 12.0 Å². The largest absolute Gasteiger partial charge is 0.327 e. The van der Waals surface area contributed by atoms with Crippen molar-refractivity contribution in [2.75, 3.05) is 6.54 Å². The Labute approximate surface area is 124 Å². The van der Waals surface area contributed by atoms with Gasteiger partial charge in [-0.25, -0.2) is 0 Å². The maximum absolute atomic E-state index is 5.48. The molecule has 110 valence electrons. The first-order chi connectivity index (χ1) is 9.50. The highest BCUT2D eigenvalue weighted by atomic mass is 14.5. The minimum atomic E-state index is 0.474. The van der Waals surface area contributed by atoms with Crippen LogP contribution in [0.3, 0.4) is 0 Å². The van der Waals surface area contributed by atoms with E-state index >= 15 is 0 Å². The predicted molar refractivity (Wildman–Crippen MR) is 88.7 cm³/mol. The van der Waals surface area contributed by atoms with Crippen LogP contribution in [-0.2, 0) is 0 Å². The highest BCUT2D eigenvalue weighted by molar-refractivity contribution is 5.50. The topological polar surface area (TPSA) is 26.0 Å². The number of rotatable bonds is 3. The van der Waals surface area contributed by atoms with Crippen molar-refractivity contribution in [2.45, 2.75) is 52.4 Å². The van der Waals surface area contributed by atoms with Gasteiger partial charge in [0, 0.05) is 6.54 Å². The molecule has 0 radical (unpaired) electrons. The zero-order valence-corrected chi connectivity index (χ0v) is 13.2. The normalized spacial score (nSPS) is 24.2. The lowest BCUT2D eigenvalue weighted by Gasteiger charge is -2.37. The van der Waals surface area contributed by atoms with Crippen LogP contribution in [-0.4, -0.2) is 6.54 Å². The number of benzene rings is 1. The molecular formula is C19H29N. The summed E-state index contributed by atoms with van der Waals surface area (Å²) in [6.07, 6.45) is 9.55. The summed E-state index contributed by atoms with van der Waals surface area (Å²) in [4.78, 5) is 0. The van der Waals surface area contributed by atoms with Crippen molar-refractivity contribution in [3.8, 4) is 0 Å². The molecule has 0 unspecified atom stereocenters. The average molecular weight is 271 g/mol. The molecule has 2 rings (SSSR count). The van der Waals surface area contributed by atoms with Gasteiger partial charge in [0.2, 0.25) is 0 Å². The van der Waals surface area contributed by atoms with Crippen molar-refractivity contribution < 1.29 is 0 Å². The van der Waals surface area contributed by atoms with Crippen molar-refractivity contribution in [3.63, 3.8) is 0 Å². The molecule has 0 heterocycles. The molecule has 0 bridgehead atoms. The first kappa shape index (κ1) is 15.3. The van der Waals surface area contributed by atoms with E-state index in [9.17, 15) is 0 Å². The van der Waals surface area contributed by atoms with Gasteiger partial charge in [-0.1, -0.05) is 57.2 Å². The Kier molecular flexibility index (Phi) is 5.04. The Hall–Kier alpha value is -1.08. The lowest BCUT2D eigenvalue weighted by atomic mass is 9.68. The number of hydrogen-bond donors (Lipinski definition) is 1. The van der Waals surface area contributed by atoms with Crippen molar-refractivity contribution in [1.82, 2.24) is 0 Å². The summed E-state index contributed by atoms with van der Waals surface area (Å²) >= 11 is 0. The quantitative estimate of drug-likeness (QED) is 0.824. The van der Waals surface area contributed by atoms with E-state index < -0.39 is 0 Å². The van der Waals surface area contributed by atoms with Gasteiger partial charge in [-0.15, -0.1) is 0 Å². The number of hydrogen-bond acceptors (Lipinski definition) is 1. The van der Waals surface area contributed by atoms with Gasteiger partial charge >= 0.3 is 0 Å². The molecule has 2 N–H and O–H groups in total. The van der Waals surface area contributed by atoms with Gasteiger partial charge in [-0.2, -0.15) is 0 Å². The molecule has 1 aromatic rings. The van der Waals surface area contributed by atoms with E-state index in [4.69, 9.17) is 5.73 Å². The molecule has 1 fully saturated rings. The Morgan fingerprint density at radius 1 is 1.05 bits per heavy atom. The Morgan fingerprint density at radius 3 is 2.15 bits per heavy atom. The standard InChI is InChI=1S/C19H29N/c1-19(2,3)18-12-10-17(11-13-18)16-8-6-15(7-9-16)5-4-14-20/h4-9,17-18H,10-14,20H2,1-3H3/b5-4+. The third kappa shape index (κ3) is 3.96. The molecule has 0 spiro atoms. The second kappa shape index (κ2) is 6.58. The summed E-state index contributed by atoms with van der Waals surface area (Å²) < 4.78 is 0. The second-order valence-electron chi connectivity index (χ2n) is 7.22. The van der Waals surface area contributed by atoms with Crippen molar-refractivity contribution >= 4 is 6.08 Å². The maximum Gasteiger partial charge on any atom is 0.0110 e. The van der Waals surface area contributed by atoms with Crippen LogP contribution in [0.25, 0.3) is 6.08 Å². The summed E-state index contributed by atoms with van der Waals surface area (Å²) in [5.74, 6) is 1.66. The maximum atomic E-state index is 5.48. The third-order valence-electron chi connectivity index (χ3n) is 4.81. The Bertz CT molecular complexity index is 428. The molecule has 1 nitrogen and oxygen atoms in total. The lowest BCUT2D eigenvalue weighted by molar-refractivity contribution is 0.169. The summed E-state index contributed by atoms with van der Waals surface area (Å²) in [5.41, 5.74) is 8.73. The molecular weight excluding hydrogens is 242 g/mol. The fourth-order valence-corrected chi connectivity index (χ4v) is 3.38. The van der Waals surface area contributed by atoms with E-state index in [1.54, 1.807) is 0 Å².